The van der Waals surface area contributed by atoms with Gasteiger partial charge in [-0.2, -0.15) is 10.1 Å². The summed E-state index contributed by atoms with van der Waals surface area (Å²) < 4.78 is 32.9. The van der Waals surface area contributed by atoms with Crippen LogP contribution in [0.1, 0.15) is 12.6 Å². The summed E-state index contributed by atoms with van der Waals surface area (Å²) in [7, 11) is -2.02. The van der Waals surface area contributed by atoms with Crippen molar-refractivity contribution in [3.8, 4) is 5.75 Å². The molecule has 2 aromatic heterocycles. The van der Waals surface area contributed by atoms with Crippen LogP contribution in [0, 0.1) is 6.92 Å². The second kappa shape index (κ2) is 8.76. The van der Waals surface area contributed by atoms with Gasteiger partial charge in [0.2, 0.25) is 16.0 Å². The molecule has 12 heteroatoms. The summed E-state index contributed by atoms with van der Waals surface area (Å²) in [6.07, 6.45) is 4.37. The molecule has 0 aliphatic carbocycles. The first kappa shape index (κ1) is 21.7. The minimum absolute atomic E-state index is 0.266. The molecular formula is C18H22ClN7O3S. The number of halogens is 1. The number of hydrogen-bond acceptors (Lipinski definition) is 8. The van der Waals surface area contributed by atoms with E-state index in [9.17, 15) is 8.42 Å². The first-order valence-corrected chi connectivity index (χ1v) is 11.2. The number of nitrogens with one attached hydrogen (secondary N) is 3. The van der Waals surface area contributed by atoms with E-state index in [0.29, 0.717) is 28.9 Å². The smallest absolute Gasteiger partial charge is 0.229 e. The Hall–Kier alpha value is -3.05. The van der Waals surface area contributed by atoms with Gasteiger partial charge in [-0.05, 0) is 26.0 Å². The molecule has 0 bridgehead atoms. The van der Waals surface area contributed by atoms with Gasteiger partial charge in [0.1, 0.15) is 10.8 Å². The van der Waals surface area contributed by atoms with Crippen molar-refractivity contribution in [2.24, 2.45) is 0 Å². The maximum Gasteiger partial charge on any atom is 0.229 e. The number of aryl methyl sites for hydroxylation is 2. The number of aromatic nitrogens is 4. The fraction of sp³-hybridized carbons (Fsp3) is 0.278. The van der Waals surface area contributed by atoms with Crippen molar-refractivity contribution < 1.29 is 13.2 Å². The Morgan fingerprint density at radius 3 is 2.60 bits per heavy atom. The molecule has 30 heavy (non-hydrogen) atoms. The molecule has 0 aliphatic heterocycles. The molecule has 3 N–H and O–H groups in total. The number of rotatable bonds is 8. The Morgan fingerprint density at radius 2 is 1.97 bits per heavy atom. The highest BCUT2D eigenvalue weighted by molar-refractivity contribution is 7.92. The molecule has 10 nitrogen and oxygen atoms in total. The van der Waals surface area contributed by atoms with Crippen LogP contribution in [0.4, 0.5) is 28.8 Å². The Bertz CT molecular complexity index is 1160. The van der Waals surface area contributed by atoms with E-state index in [0.717, 1.165) is 24.2 Å². The number of methoxy groups -OCH3 is 1. The van der Waals surface area contributed by atoms with Gasteiger partial charge in [-0.25, -0.2) is 13.4 Å². The highest BCUT2D eigenvalue weighted by Crippen LogP contribution is 2.32. The van der Waals surface area contributed by atoms with Gasteiger partial charge >= 0.3 is 0 Å². The maximum absolute atomic E-state index is 11.7. The lowest BCUT2D eigenvalue weighted by molar-refractivity contribution is 0.415. The van der Waals surface area contributed by atoms with E-state index >= 15 is 0 Å². The fourth-order valence-corrected chi connectivity index (χ4v) is 3.32. The van der Waals surface area contributed by atoms with Crippen LogP contribution < -0.4 is 20.1 Å². The summed E-state index contributed by atoms with van der Waals surface area (Å²) >= 11 is 6.26. The van der Waals surface area contributed by atoms with Crippen LogP contribution in [0.25, 0.3) is 0 Å². The number of anilines is 5. The van der Waals surface area contributed by atoms with E-state index < -0.39 is 10.0 Å². The topological polar surface area (TPSA) is 123 Å². The number of benzene rings is 1. The molecule has 0 unspecified atom stereocenters. The van der Waals surface area contributed by atoms with E-state index in [-0.39, 0.29) is 5.02 Å². The quantitative estimate of drug-likeness (QED) is 0.475. The standard InChI is InChI=1S/C18H22ClN7O3S/c1-5-26-10-16(11(2)24-26)22-18-20-9-13(19)17(23-18)21-14-7-6-12(29-3)8-15(14)25-30(4,27)28/h6-10,25H,5H2,1-4H3,(H2,20,21,22,23). The minimum atomic E-state index is -3.51. The molecule has 1 aromatic carbocycles. The molecule has 3 rings (SSSR count). The Balaban J connectivity index is 1.91. The Kier molecular flexibility index (Phi) is 6.32. The monoisotopic (exact) mass is 451 g/mol. The highest BCUT2D eigenvalue weighted by Gasteiger charge is 2.14. The van der Waals surface area contributed by atoms with Gasteiger partial charge in [0.25, 0.3) is 0 Å². The van der Waals surface area contributed by atoms with E-state index in [4.69, 9.17) is 16.3 Å². The van der Waals surface area contributed by atoms with Crippen molar-refractivity contribution in [1.82, 2.24) is 19.7 Å². The average molecular weight is 452 g/mol. The van der Waals surface area contributed by atoms with Gasteiger partial charge in [-0.1, -0.05) is 11.6 Å². The van der Waals surface area contributed by atoms with Gasteiger partial charge < -0.3 is 15.4 Å². The van der Waals surface area contributed by atoms with Crippen molar-refractivity contribution in [3.05, 3.63) is 41.3 Å². The zero-order valence-electron chi connectivity index (χ0n) is 16.9. The van der Waals surface area contributed by atoms with Crippen molar-refractivity contribution >= 4 is 50.5 Å². The van der Waals surface area contributed by atoms with E-state index in [1.807, 2.05) is 20.0 Å². The van der Waals surface area contributed by atoms with Crippen molar-refractivity contribution in [2.45, 2.75) is 20.4 Å². The predicted molar refractivity (Wildman–Crippen MR) is 118 cm³/mol. The molecule has 0 atom stereocenters. The summed E-state index contributed by atoms with van der Waals surface area (Å²) in [6.45, 7) is 4.61. The van der Waals surface area contributed by atoms with Crippen LogP contribution in [-0.4, -0.2) is 41.5 Å². The van der Waals surface area contributed by atoms with Crippen LogP contribution in [0.2, 0.25) is 5.02 Å². The van der Waals surface area contributed by atoms with Crippen LogP contribution in [-0.2, 0) is 16.6 Å². The minimum Gasteiger partial charge on any atom is -0.497 e. The third-order valence-electron chi connectivity index (χ3n) is 4.04. The molecule has 0 amide bonds. The average Bonchev–Trinajstić information content (AvgIpc) is 3.04. The molecule has 0 aliphatic rings. The number of sulfonamides is 1. The van der Waals surface area contributed by atoms with Gasteiger partial charge in [-0.3, -0.25) is 9.40 Å². The number of hydrogen-bond donors (Lipinski definition) is 3. The zero-order chi connectivity index (χ0) is 21.9. The highest BCUT2D eigenvalue weighted by atomic mass is 35.5. The van der Waals surface area contributed by atoms with Gasteiger partial charge in [0.05, 0.1) is 42.3 Å². The molecule has 0 fully saturated rings. The summed E-state index contributed by atoms with van der Waals surface area (Å²) in [5, 5.41) is 10.8. The first-order chi connectivity index (χ1) is 14.2. The number of nitrogens with zero attached hydrogens (tertiary/aromatic N) is 4. The van der Waals surface area contributed by atoms with Crippen LogP contribution in [0.5, 0.6) is 5.75 Å². The lowest BCUT2D eigenvalue weighted by Crippen LogP contribution is -2.11. The molecule has 160 valence electrons. The summed E-state index contributed by atoms with van der Waals surface area (Å²) in [5.74, 6) is 1.11. The van der Waals surface area contributed by atoms with E-state index in [2.05, 4.69) is 30.4 Å². The van der Waals surface area contributed by atoms with Crippen molar-refractivity contribution in [1.29, 1.82) is 0 Å². The molecule has 3 aromatic rings. The second-order valence-corrected chi connectivity index (χ2v) is 8.57. The van der Waals surface area contributed by atoms with E-state index in [1.165, 1.54) is 13.3 Å². The second-order valence-electron chi connectivity index (χ2n) is 6.41. The lowest BCUT2D eigenvalue weighted by Gasteiger charge is -2.15. The Labute approximate surface area is 179 Å². The van der Waals surface area contributed by atoms with Gasteiger partial charge in [0.15, 0.2) is 5.82 Å². The molecule has 0 saturated heterocycles. The molecule has 0 spiro atoms. The zero-order valence-corrected chi connectivity index (χ0v) is 18.5. The number of ether oxygens (including phenoxy) is 1. The first-order valence-electron chi connectivity index (χ1n) is 8.95. The third-order valence-corrected chi connectivity index (χ3v) is 4.90. The fourth-order valence-electron chi connectivity index (χ4n) is 2.61. The molecular weight excluding hydrogens is 430 g/mol. The Morgan fingerprint density at radius 1 is 1.20 bits per heavy atom. The molecule has 0 saturated carbocycles. The maximum atomic E-state index is 11.7. The molecule has 2 heterocycles. The lowest BCUT2D eigenvalue weighted by atomic mass is 10.2. The van der Waals surface area contributed by atoms with Crippen molar-refractivity contribution in [2.75, 3.05) is 28.7 Å². The largest absolute Gasteiger partial charge is 0.497 e. The van der Waals surface area contributed by atoms with Gasteiger partial charge in [-0.15, -0.1) is 0 Å². The summed E-state index contributed by atoms with van der Waals surface area (Å²) in [6, 6.07) is 4.90. The summed E-state index contributed by atoms with van der Waals surface area (Å²) in [5.41, 5.74) is 2.32. The van der Waals surface area contributed by atoms with Gasteiger partial charge in [0, 0.05) is 18.8 Å². The predicted octanol–water partition coefficient (Wildman–Crippen LogP) is 3.52. The third kappa shape index (κ3) is 5.30. The van der Waals surface area contributed by atoms with Crippen LogP contribution >= 0.6 is 11.6 Å². The van der Waals surface area contributed by atoms with Crippen LogP contribution in [0.15, 0.2) is 30.6 Å². The summed E-state index contributed by atoms with van der Waals surface area (Å²) in [4.78, 5) is 8.61. The normalized spacial score (nSPS) is 11.2. The molecule has 0 radical (unpaired) electrons. The van der Waals surface area contributed by atoms with Crippen LogP contribution in [0.3, 0.4) is 0 Å². The van der Waals surface area contributed by atoms with E-state index in [1.54, 1.807) is 22.9 Å². The SMILES string of the molecule is CCn1cc(Nc2ncc(Cl)c(Nc3ccc(OC)cc3NS(C)(=O)=O)n2)c(C)n1. The van der Waals surface area contributed by atoms with Crippen molar-refractivity contribution in [3.63, 3.8) is 0 Å².